The van der Waals surface area contributed by atoms with Crippen LogP contribution >= 0.6 is 11.3 Å². The molecule has 0 radical (unpaired) electrons. The maximum Gasteiger partial charge on any atom is 0.347 e. The number of H-pyrrole nitrogens is 1. The van der Waals surface area contributed by atoms with Crippen LogP contribution in [0.3, 0.4) is 0 Å². The maximum absolute atomic E-state index is 14.0. The van der Waals surface area contributed by atoms with Gasteiger partial charge in [-0.3, -0.25) is 14.5 Å². The number of Topliss-reactive ketones (excluding diaryl/α,β-unsaturated/α-hetero) is 1. The molecule has 2 aromatic heterocycles. The number of nitrogens with one attached hydrogen (secondary N) is 2. The Hall–Kier alpha value is -6.21. The number of nitrogens with zero attached hydrogens (tertiary/aromatic N) is 1. The minimum atomic E-state index is -2.00. The summed E-state index contributed by atoms with van der Waals surface area (Å²) in [6.07, 6.45) is 1.85. The van der Waals surface area contributed by atoms with E-state index in [9.17, 15) is 29.7 Å². The minimum Gasteiger partial charge on any atom is -0.506 e. The van der Waals surface area contributed by atoms with E-state index in [-0.39, 0.29) is 41.7 Å². The molecule has 1 aliphatic heterocycles. The summed E-state index contributed by atoms with van der Waals surface area (Å²) in [6.45, 7) is 5.68. The third-order valence-corrected chi connectivity index (χ3v) is 13.5. The standard InChI is InChI=1S/C53H53N3O7S/c1-35-29-38(15-16-40(35)31-54-32-48(59)44-19-22-47(58)51-45(44)20-24-50(60)55-51)46(57)21-17-43-18-23-49(64-43)39-11-8-14-42(30-39)53(62,41-12-6-3-7-13-41)52(61)63-34-37-25-27-56(28-26-37)33-36-9-4-2-5-10-36/h2-16,18-20,22-24,29-30,37,48,54,58-59,62H,17,21,25-28,31-34H2,1H3,(H,55,60)/t48-,53-/m0/s1. The van der Waals surface area contributed by atoms with E-state index in [1.807, 2.05) is 79.7 Å². The van der Waals surface area contributed by atoms with Gasteiger partial charge >= 0.3 is 5.97 Å². The number of rotatable bonds is 17. The average Bonchev–Trinajstić information content (AvgIpc) is 3.81. The van der Waals surface area contributed by atoms with Gasteiger partial charge in [0.25, 0.3) is 0 Å². The van der Waals surface area contributed by atoms with Gasteiger partial charge in [-0.05, 0) is 115 Å². The molecule has 8 rings (SSSR count). The van der Waals surface area contributed by atoms with Crippen LogP contribution in [0, 0.1) is 12.8 Å². The van der Waals surface area contributed by atoms with Gasteiger partial charge in [0.05, 0.1) is 18.2 Å². The Kier molecular flexibility index (Phi) is 13.9. The predicted molar refractivity (Wildman–Crippen MR) is 251 cm³/mol. The van der Waals surface area contributed by atoms with E-state index in [1.54, 1.807) is 41.7 Å². The number of ether oxygens (including phenoxy) is 1. The topological polar surface area (TPSA) is 152 Å². The predicted octanol–water partition coefficient (Wildman–Crippen LogP) is 8.60. The minimum absolute atomic E-state index is 0.0383. The van der Waals surface area contributed by atoms with Gasteiger partial charge in [-0.15, -0.1) is 11.3 Å². The Morgan fingerprint density at radius 2 is 1.62 bits per heavy atom. The Morgan fingerprint density at radius 1 is 0.875 bits per heavy atom. The summed E-state index contributed by atoms with van der Waals surface area (Å²) in [6, 6.07) is 42.6. The number of pyridine rings is 1. The second kappa shape index (κ2) is 20.1. The van der Waals surface area contributed by atoms with Crippen LogP contribution in [0.4, 0.5) is 0 Å². The molecular weight excluding hydrogens is 823 g/mol. The Labute approximate surface area is 376 Å². The van der Waals surface area contributed by atoms with Crippen LogP contribution in [0.5, 0.6) is 5.75 Å². The molecule has 0 aliphatic carbocycles. The number of aliphatic hydroxyl groups excluding tert-OH is 1. The molecule has 1 fully saturated rings. The highest BCUT2D eigenvalue weighted by molar-refractivity contribution is 7.15. The average molecular weight is 876 g/mol. The summed E-state index contributed by atoms with van der Waals surface area (Å²) < 4.78 is 5.96. The molecular formula is C53H53N3O7S. The van der Waals surface area contributed by atoms with E-state index < -0.39 is 17.7 Å². The first kappa shape index (κ1) is 44.4. The molecule has 0 unspecified atom stereocenters. The second-order valence-corrected chi connectivity index (χ2v) is 17.9. The number of piperidine rings is 1. The normalized spacial score (nSPS) is 14.9. The molecule has 5 N–H and O–H groups in total. The SMILES string of the molecule is Cc1cc(C(=O)CCc2ccc(-c3cccc([C@](O)(C(=O)OCC4CCN(Cc5ccccc5)CC4)c4ccccc4)c3)s2)ccc1CNC[C@H](O)c1ccc(O)c2[nH]c(=O)ccc12. The first-order chi connectivity index (χ1) is 31.0. The van der Waals surface area contributed by atoms with Crippen LogP contribution < -0.4 is 10.9 Å². The molecule has 7 aromatic rings. The maximum atomic E-state index is 14.0. The van der Waals surface area contributed by atoms with Gasteiger partial charge < -0.3 is 30.4 Å². The van der Waals surface area contributed by atoms with Crippen LogP contribution in [0.1, 0.15) is 74.0 Å². The van der Waals surface area contributed by atoms with Gasteiger partial charge in [0.1, 0.15) is 5.75 Å². The lowest BCUT2D eigenvalue weighted by atomic mass is 9.85. The summed E-state index contributed by atoms with van der Waals surface area (Å²) in [5.41, 5.74) is 4.14. The molecule has 0 bridgehead atoms. The number of aromatic amines is 1. The fourth-order valence-corrected chi connectivity index (χ4v) is 9.55. The first-order valence-corrected chi connectivity index (χ1v) is 22.6. The van der Waals surface area contributed by atoms with E-state index in [2.05, 4.69) is 39.5 Å². The number of carbonyl (C=O) groups excluding carboxylic acids is 2. The number of carbonyl (C=O) groups is 2. The van der Waals surface area contributed by atoms with Crippen molar-refractivity contribution in [2.45, 2.75) is 57.4 Å². The molecule has 2 atom stereocenters. The van der Waals surface area contributed by atoms with Crippen LogP contribution in [-0.4, -0.2) is 63.2 Å². The second-order valence-electron chi connectivity index (χ2n) is 16.7. The summed E-state index contributed by atoms with van der Waals surface area (Å²) in [5.74, 6) is -0.494. The number of aromatic nitrogens is 1. The summed E-state index contributed by atoms with van der Waals surface area (Å²) in [5, 5.41) is 37.3. The number of thiophene rings is 1. The smallest absolute Gasteiger partial charge is 0.347 e. The van der Waals surface area contributed by atoms with Crippen LogP contribution in [-0.2, 0) is 34.6 Å². The van der Waals surface area contributed by atoms with E-state index in [0.717, 1.165) is 58.9 Å². The fourth-order valence-electron chi connectivity index (χ4n) is 8.55. The van der Waals surface area contributed by atoms with Crippen molar-refractivity contribution in [3.8, 4) is 16.2 Å². The van der Waals surface area contributed by atoms with Crippen molar-refractivity contribution in [1.82, 2.24) is 15.2 Å². The fraction of sp³-hybridized carbons (Fsp3) is 0.264. The number of aryl methyl sites for hydroxylation is 2. The number of aliphatic hydroxyl groups is 2. The van der Waals surface area contributed by atoms with E-state index in [0.29, 0.717) is 47.0 Å². The lowest BCUT2D eigenvalue weighted by molar-refractivity contribution is -0.164. The highest BCUT2D eigenvalue weighted by atomic mass is 32.1. The largest absolute Gasteiger partial charge is 0.506 e. The molecule has 64 heavy (non-hydrogen) atoms. The summed E-state index contributed by atoms with van der Waals surface area (Å²) >= 11 is 1.58. The molecule has 10 nitrogen and oxygen atoms in total. The number of aromatic hydroxyl groups is 1. The quantitative estimate of drug-likeness (QED) is 0.0448. The lowest BCUT2D eigenvalue weighted by Crippen LogP contribution is -2.40. The highest BCUT2D eigenvalue weighted by Gasteiger charge is 2.42. The van der Waals surface area contributed by atoms with Gasteiger partial charge in [0.15, 0.2) is 5.78 Å². The molecule has 3 heterocycles. The van der Waals surface area contributed by atoms with Crippen LogP contribution in [0.15, 0.2) is 144 Å². The first-order valence-electron chi connectivity index (χ1n) is 21.8. The molecule has 0 spiro atoms. The van der Waals surface area contributed by atoms with Crippen molar-refractivity contribution in [1.29, 1.82) is 0 Å². The lowest BCUT2D eigenvalue weighted by Gasteiger charge is -2.33. The van der Waals surface area contributed by atoms with Gasteiger partial charge in [-0.2, -0.15) is 0 Å². The van der Waals surface area contributed by atoms with E-state index >= 15 is 0 Å². The van der Waals surface area contributed by atoms with Gasteiger partial charge in [-0.1, -0.05) is 97.1 Å². The third kappa shape index (κ3) is 10.3. The van der Waals surface area contributed by atoms with Crippen LogP contribution in [0.25, 0.3) is 21.3 Å². The Balaban J connectivity index is 0.861. The zero-order valence-electron chi connectivity index (χ0n) is 35.8. The Morgan fingerprint density at radius 3 is 2.39 bits per heavy atom. The van der Waals surface area contributed by atoms with Crippen molar-refractivity contribution < 1.29 is 29.6 Å². The van der Waals surface area contributed by atoms with Crippen molar-refractivity contribution in [3.05, 3.63) is 194 Å². The van der Waals surface area contributed by atoms with E-state index in [1.165, 1.54) is 17.7 Å². The number of benzene rings is 5. The van der Waals surface area contributed by atoms with E-state index in [4.69, 9.17) is 4.74 Å². The number of phenolic OH excluding ortho intramolecular Hbond substituents is 1. The molecule has 0 amide bonds. The third-order valence-electron chi connectivity index (χ3n) is 12.3. The molecule has 1 saturated heterocycles. The molecule has 328 valence electrons. The Bertz CT molecular complexity index is 2780. The molecule has 1 aliphatic rings. The van der Waals surface area contributed by atoms with Crippen molar-refractivity contribution >= 4 is 34.0 Å². The summed E-state index contributed by atoms with van der Waals surface area (Å²) in [7, 11) is 0. The zero-order chi connectivity index (χ0) is 44.6. The highest BCUT2D eigenvalue weighted by Crippen LogP contribution is 2.37. The van der Waals surface area contributed by atoms with Gasteiger partial charge in [0, 0.05) is 58.4 Å². The van der Waals surface area contributed by atoms with Crippen molar-refractivity contribution in [2.24, 2.45) is 5.92 Å². The van der Waals surface area contributed by atoms with Gasteiger partial charge in [-0.25, -0.2) is 4.79 Å². The van der Waals surface area contributed by atoms with Gasteiger partial charge in [0.2, 0.25) is 11.2 Å². The van der Waals surface area contributed by atoms with Crippen LogP contribution in [0.2, 0.25) is 0 Å². The number of fused-ring (bicyclic) bond motifs is 1. The van der Waals surface area contributed by atoms with Crippen molar-refractivity contribution in [3.63, 3.8) is 0 Å². The summed E-state index contributed by atoms with van der Waals surface area (Å²) in [4.78, 5) is 46.3. The molecule has 5 aromatic carbocycles. The zero-order valence-corrected chi connectivity index (χ0v) is 36.7. The van der Waals surface area contributed by atoms with Crippen molar-refractivity contribution in [2.75, 3.05) is 26.2 Å². The molecule has 0 saturated carbocycles. The number of hydrogen-bond donors (Lipinski definition) is 5. The number of likely N-dealkylation sites (tertiary alicyclic amines) is 1. The number of hydrogen-bond acceptors (Lipinski definition) is 10. The molecule has 11 heteroatoms. The number of ketones is 1. The number of phenols is 1. The number of esters is 1. The monoisotopic (exact) mass is 875 g/mol.